The molecular formula is C13H12BrNO2S2. The fraction of sp³-hybridized carbons (Fsp3) is 0.0769. The van der Waals surface area contributed by atoms with E-state index in [4.69, 9.17) is 0 Å². The summed E-state index contributed by atoms with van der Waals surface area (Å²) in [5.41, 5.74) is 0.593. The van der Waals surface area contributed by atoms with Crippen LogP contribution >= 0.6 is 27.7 Å². The molecule has 0 aliphatic heterocycles. The van der Waals surface area contributed by atoms with Gasteiger partial charge in [-0.15, -0.1) is 0 Å². The van der Waals surface area contributed by atoms with Crippen molar-refractivity contribution in [1.82, 2.24) is 0 Å². The maximum Gasteiger partial charge on any atom is 0.242 e. The smallest absolute Gasteiger partial charge is 0.242 e. The van der Waals surface area contributed by atoms with Crippen LogP contribution in [0.1, 0.15) is 0 Å². The molecule has 0 saturated carbocycles. The number of sulfonamides is 1. The normalized spacial score (nSPS) is 11.2. The number of para-hydroxylation sites is 1. The summed E-state index contributed by atoms with van der Waals surface area (Å²) in [6, 6.07) is 17.2. The van der Waals surface area contributed by atoms with E-state index < -0.39 is 10.0 Å². The Morgan fingerprint density at radius 1 is 1.00 bits per heavy atom. The molecule has 0 heterocycles. The molecule has 3 nitrogen and oxygen atoms in total. The summed E-state index contributed by atoms with van der Waals surface area (Å²) in [6.45, 7) is 0. The SMILES string of the molecule is O=S(=O)(CBr)Nc1ccccc1Sc1ccccc1. The summed E-state index contributed by atoms with van der Waals surface area (Å²) in [5, 5.41) is 0. The van der Waals surface area contributed by atoms with Crippen LogP contribution in [-0.4, -0.2) is 13.1 Å². The summed E-state index contributed by atoms with van der Waals surface area (Å²) >= 11 is 4.49. The number of hydrogen-bond acceptors (Lipinski definition) is 3. The van der Waals surface area contributed by atoms with Crippen LogP contribution in [0.15, 0.2) is 64.4 Å². The summed E-state index contributed by atoms with van der Waals surface area (Å²) in [5.74, 6) is 0. The molecule has 0 aliphatic carbocycles. The Labute approximate surface area is 125 Å². The van der Waals surface area contributed by atoms with Crippen LogP contribution in [0.5, 0.6) is 0 Å². The van der Waals surface area contributed by atoms with E-state index in [2.05, 4.69) is 20.7 Å². The Kier molecular flexibility index (Phi) is 4.90. The quantitative estimate of drug-likeness (QED) is 0.824. The molecule has 1 N–H and O–H groups in total. The highest BCUT2D eigenvalue weighted by molar-refractivity contribution is 9.10. The minimum absolute atomic E-state index is 0.121. The molecule has 0 spiro atoms. The van der Waals surface area contributed by atoms with Gasteiger partial charge in [0, 0.05) is 9.79 Å². The molecule has 2 aromatic carbocycles. The molecule has 0 bridgehead atoms. The zero-order chi connectivity index (χ0) is 13.7. The second kappa shape index (κ2) is 6.45. The molecule has 100 valence electrons. The Morgan fingerprint density at radius 2 is 1.63 bits per heavy atom. The average molecular weight is 358 g/mol. The van der Waals surface area contributed by atoms with Crippen LogP contribution in [-0.2, 0) is 10.0 Å². The van der Waals surface area contributed by atoms with Crippen LogP contribution in [0.4, 0.5) is 5.69 Å². The lowest BCUT2D eigenvalue weighted by Gasteiger charge is -2.10. The van der Waals surface area contributed by atoms with Gasteiger partial charge < -0.3 is 0 Å². The lowest BCUT2D eigenvalue weighted by Crippen LogP contribution is -2.13. The molecule has 0 amide bonds. The number of benzene rings is 2. The first kappa shape index (κ1) is 14.4. The predicted octanol–water partition coefficient (Wildman–Crippen LogP) is 3.93. The van der Waals surface area contributed by atoms with Crippen LogP contribution in [0, 0.1) is 0 Å². The first-order valence-corrected chi connectivity index (χ1v) is 9.08. The minimum Gasteiger partial charge on any atom is -0.282 e. The van der Waals surface area contributed by atoms with Crippen molar-refractivity contribution in [1.29, 1.82) is 0 Å². The zero-order valence-electron chi connectivity index (χ0n) is 9.91. The van der Waals surface area contributed by atoms with Crippen molar-refractivity contribution in [3.8, 4) is 0 Å². The van der Waals surface area contributed by atoms with E-state index in [1.165, 1.54) is 11.8 Å². The predicted molar refractivity (Wildman–Crippen MR) is 83.3 cm³/mol. The summed E-state index contributed by atoms with van der Waals surface area (Å²) in [6.07, 6.45) is 0. The van der Waals surface area contributed by atoms with Crippen molar-refractivity contribution < 1.29 is 8.42 Å². The Morgan fingerprint density at radius 3 is 2.32 bits per heavy atom. The third-order valence-corrected chi connectivity index (χ3v) is 5.98. The van der Waals surface area contributed by atoms with Crippen molar-refractivity contribution in [2.75, 3.05) is 9.38 Å². The van der Waals surface area contributed by atoms with Gasteiger partial charge >= 0.3 is 0 Å². The van der Waals surface area contributed by atoms with E-state index in [-0.39, 0.29) is 4.66 Å². The number of hydrogen-bond donors (Lipinski definition) is 1. The molecule has 0 aliphatic rings. The maximum atomic E-state index is 11.6. The lowest BCUT2D eigenvalue weighted by molar-refractivity contribution is 0.606. The molecule has 2 aromatic rings. The van der Waals surface area contributed by atoms with Gasteiger partial charge in [-0.2, -0.15) is 0 Å². The van der Waals surface area contributed by atoms with E-state index in [0.29, 0.717) is 5.69 Å². The van der Waals surface area contributed by atoms with Crippen molar-refractivity contribution in [2.45, 2.75) is 9.79 Å². The summed E-state index contributed by atoms with van der Waals surface area (Å²) in [7, 11) is -3.33. The third kappa shape index (κ3) is 4.26. The van der Waals surface area contributed by atoms with Gasteiger partial charge in [0.25, 0.3) is 0 Å². The molecular weight excluding hydrogens is 346 g/mol. The van der Waals surface area contributed by atoms with Gasteiger partial charge in [-0.05, 0) is 24.3 Å². The van der Waals surface area contributed by atoms with Gasteiger partial charge in [-0.1, -0.05) is 58.0 Å². The molecule has 0 radical (unpaired) electrons. The fourth-order valence-corrected chi connectivity index (χ4v) is 3.35. The van der Waals surface area contributed by atoms with Crippen LogP contribution < -0.4 is 4.72 Å². The van der Waals surface area contributed by atoms with Crippen molar-refractivity contribution in [3.05, 3.63) is 54.6 Å². The summed E-state index contributed by atoms with van der Waals surface area (Å²) in [4.78, 5) is 1.94. The van der Waals surface area contributed by atoms with Crippen molar-refractivity contribution >= 4 is 43.4 Å². The molecule has 6 heteroatoms. The highest BCUT2D eigenvalue weighted by Crippen LogP contribution is 2.33. The van der Waals surface area contributed by atoms with E-state index >= 15 is 0 Å². The molecule has 19 heavy (non-hydrogen) atoms. The summed E-state index contributed by atoms with van der Waals surface area (Å²) < 4.78 is 25.7. The van der Waals surface area contributed by atoms with Crippen molar-refractivity contribution in [2.24, 2.45) is 0 Å². The first-order valence-electron chi connectivity index (χ1n) is 5.49. The van der Waals surface area contributed by atoms with E-state index in [0.717, 1.165) is 9.79 Å². The number of rotatable bonds is 5. The minimum atomic E-state index is -3.33. The molecule has 0 aromatic heterocycles. The largest absolute Gasteiger partial charge is 0.282 e. The molecule has 0 unspecified atom stereocenters. The van der Waals surface area contributed by atoms with Gasteiger partial charge in [0.15, 0.2) is 0 Å². The third-order valence-electron chi connectivity index (χ3n) is 2.27. The average Bonchev–Trinajstić information content (AvgIpc) is 2.42. The monoisotopic (exact) mass is 357 g/mol. The van der Waals surface area contributed by atoms with Gasteiger partial charge in [0.05, 0.1) is 5.69 Å². The first-order chi connectivity index (χ1) is 9.11. The standard InChI is InChI=1S/C13H12BrNO2S2/c14-10-19(16,17)15-12-8-4-5-9-13(12)18-11-6-2-1-3-7-11/h1-9,15H,10H2. The maximum absolute atomic E-state index is 11.6. The van der Waals surface area contributed by atoms with Gasteiger partial charge in [0.2, 0.25) is 10.0 Å². The number of nitrogens with one attached hydrogen (secondary N) is 1. The van der Waals surface area contributed by atoms with Crippen LogP contribution in [0.2, 0.25) is 0 Å². The van der Waals surface area contributed by atoms with Crippen LogP contribution in [0.3, 0.4) is 0 Å². The Hall–Kier alpha value is -0.980. The number of anilines is 1. The lowest BCUT2D eigenvalue weighted by atomic mass is 10.3. The highest BCUT2D eigenvalue weighted by Gasteiger charge is 2.11. The zero-order valence-corrected chi connectivity index (χ0v) is 13.1. The topological polar surface area (TPSA) is 46.2 Å². The second-order valence-corrected chi connectivity index (χ2v) is 7.88. The molecule has 0 saturated heterocycles. The van der Waals surface area contributed by atoms with Gasteiger partial charge in [-0.25, -0.2) is 8.42 Å². The molecule has 0 fully saturated rings. The Bertz CT molecular complexity index is 645. The van der Waals surface area contributed by atoms with Gasteiger partial charge in [0.1, 0.15) is 4.66 Å². The molecule has 0 atom stereocenters. The van der Waals surface area contributed by atoms with Crippen LogP contribution in [0.25, 0.3) is 0 Å². The van der Waals surface area contributed by atoms with E-state index in [9.17, 15) is 8.42 Å². The fourth-order valence-electron chi connectivity index (χ4n) is 1.45. The number of halogens is 1. The van der Waals surface area contributed by atoms with E-state index in [1.54, 1.807) is 12.1 Å². The Balaban J connectivity index is 2.27. The number of alkyl halides is 1. The molecule has 2 rings (SSSR count). The highest BCUT2D eigenvalue weighted by atomic mass is 79.9. The van der Waals surface area contributed by atoms with Gasteiger partial charge in [-0.3, -0.25) is 4.72 Å². The van der Waals surface area contributed by atoms with E-state index in [1.807, 2.05) is 42.5 Å². The van der Waals surface area contributed by atoms with Crippen molar-refractivity contribution in [3.63, 3.8) is 0 Å². The second-order valence-electron chi connectivity index (χ2n) is 3.74.